The summed E-state index contributed by atoms with van der Waals surface area (Å²) in [5.41, 5.74) is 12.3. The number of anilines is 1. The number of nitrogen functional groups attached to an aromatic ring is 1. The molecule has 2 aromatic carbocycles. The molecule has 0 spiro atoms. The van der Waals surface area contributed by atoms with Crippen molar-refractivity contribution in [3.05, 3.63) is 78.9 Å². The number of pyridine rings is 1. The molecule has 0 atom stereocenters. The van der Waals surface area contributed by atoms with Crippen LogP contribution >= 0.6 is 0 Å². The lowest BCUT2D eigenvalue weighted by Crippen LogP contribution is -2.25. The van der Waals surface area contributed by atoms with Crippen LogP contribution in [0.1, 0.15) is 37.4 Å². The number of fused-ring (bicyclic) bond motifs is 2. The van der Waals surface area contributed by atoms with Crippen molar-refractivity contribution in [1.29, 1.82) is 0 Å². The summed E-state index contributed by atoms with van der Waals surface area (Å²) in [6.45, 7) is 1.16. The van der Waals surface area contributed by atoms with Crippen molar-refractivity contribution < 1.29 is 0 Å². The number of hydrogen-bond donors (Lipinski definition) is 1. The molecule has 3 aromatic heterocycles. The highest BCUT2D eigenvalue weighted by Crippen LogP contribution is 2.39. The van der Waals surface area contributed by atoms with E-state index in [1.807, 2.05) is 24.4 Å². The van der Waals surface area contributed by atoms with Crippen molar-refractivity contribution in [1.82, 2.24) is 24.3 Å². The van der Waals surface area contributed by atoms with E-state index >= 15 is 0 Å². The summed E-state index contributed by atoms with van der Waals surface area (Å²) in [4.78, 5) is 16.9. The van der Waals surface area contributed by atoms with Gasteiger partial charge in [0.1, 0.15) is 22.9 Å². The Balaban J connectivity index is 1.40. The molecular weight excluding hydrogens is 444 g/mol. The van der Waals surface area contributed by atoms with Gasteiger partial charge in [-0.2, -0.15) is 0 Å². The summed E-state index contributed by atoms with van der Waals surface area (Å²) in [5.74, 6) is 2.80. The summed E-state index contributed by atoms with van der Waals surface area (Å²) in [5, 5.41) is 1.10. The van der Waals surface area contributed by atoms with E-state index in [0.717, 1.165) is 70.1 Å². The number of rotatable bonds is 5. The van der Waals surface area contributed by atoms with Crippen molar-refractivity contribution in [2.75, 3.05) is 26.4 Å². The highest BCUT2D eigenvalue weighted by Gasteiger charge is 2.27. The second-order valence-electron chi connectivity index (χ2n) is 10.3. The molecule has 182 valence electrons. The average molecular weight is 477 g/mol. The van der Waals surface area contributed by atoms with Gasteiger partial charge in [0.2, 0.25) is 0 Å². The first-order valence-corrected chi connectivity index (χ1v) is 12.8. The lowest BCUT2D eigenvalue weighted by atomic mass is 9.81. The molecule has 0 unspecified atom stereocenters. The van der Waals surface area contributed by atoms with Gasteiger partial charge in [0.05, 0.1) is 11.2 Å². The third kappa shape index (κ3) is 4.22. The molecule has 6 heteroatoms. The molecule has 2 N–H and O–H groups in total. The van der Waals surface area contributed by atoms with E-state index in [1.54, 1.807) is 6.20 Å². The van der Waals surface area contributed by atoms with Gasteiger partial charge in [0.25, 0.3) is 0 Å². The summed E-state index contributed by atoms with van der Waals surface area (Å²) in [6, 6.07) is 20.9. The van der Waals surface area contributed by atoms with Gasteiger partial charge < -0.3 is 10.6 Å². The molecule has 0 radical (unpaired) electrons. The van der Waals surface area contributed by atoms with Crippen molar-refractivity contribution >= 4 is 22.2 Å². The minimum Gasteiger partial charge on any atom is -0.382 e. The maximum absolute atomic E-state index is 6.43. The number of hydrogen-bond acceptors (Lipinski definition) is 5. The first kappa shape index (κ1) is 22.7. The number of benzene rings is 2. The van der Waals surface area contributed by atoms with Gasteiger partial charge in [-0.15, -0.1) is 0 Å². The average Bonchev–Trinajstić information content (AvgIpc) is 3.30. The first-order chi connectivity index (χ1) is 17.6. The van der Waals surface area contributed by atoms with E-state index in [9.17, 15) is 0 Å². The molecule has 1 saturated carbocycles. The summed E-state index contributed by atoms with van der Waals surface area (Å²) < 4.78 is 2.17. The molecular formula is C30H32N6. The van der Waals surface area contributed by atoms with Gasteiger partial charge in [-0.1, -0.05) is 48.5 Å². The van der Waals surface area contributed by atoms with E-state index in [2.05, 4.69) is 70.8 Å². The minimum atomic E-state index is 0.426. The Morgan fingerprint density at radius 1 is 0.917 bits per heavy atom. The maximum atomic E-state index is 6.43. The number of nitrogens with zero attached hydrogens (tertiary/aromatic N) is 5. The zero-order valence-corrected chi connectivity index (χ0v) is 20.9. The van der Waals surface area contributed by atoms with Gasteiger partial charge in [0, 0.05) is 41.4 Å². The second kappa shape index (κ2) is 9.36. The summed E-state index contributed by atoms with van der Waals surface area (Å²) in [6.07, 6.45) is 8.56. The minimum absolute atomic E-state index is 0.426. The Labute approximate surface area is 211 Å². The Morgan fingerprint density at radius 2 is 1.69 bits per heavy atom. The van der Waals surface area contributed by atoms with Crippen LogP contribution in [0.15, 0.2) is 73.1 Å². The Kier molecular flexibility index (Phi) is 5.89. The third-order valence-corrected chi connectivity index (χ3v) is 7.48. The first-order valence-electron chi connectivity index (χ1n) is 12.8. The largest absolute Gasteiger partial charge is 0.382 e. The lowest BCUT2D eigenvalue weighted by Gasteiger charge is -2.29. The molecule has 6 nitrogen and oxygen atoms in total. The zero-order valence-electron chi connectivity index (χ0n) is 20.9. The predicted molar refractivity (Wildman–Crippen MR) is 147 cm³/mol. The predicted octanol–water partition coefficient (Wildman–Crippen LogP) is 6.03. The number of aromatic nitrogens is 4. The van der Waals surface area contributed by atoms with E-state index in [-0.39, 0.29) is 0 Å². The molecule has 6 rings (SSSR count). The van der Waals surface area contributed by atoms with E-state index in [0.29, 0.717) is 11.7 Å². The SMILES string of the molecule is CN(C)C[C@H]1CC[C@H](c2nc(-c3ccc4ccc(-c5ccccc5)nc4c3)c3c(N)nccn32)CC1. The van der Waals surface area contributed by atoms with Crippen LogP contribution in [-0.2, 0) is 0 Å². The van der Waals surface area contributed by atoms with E-state index < -0.39 is 0 Å². The van der Waals surface area contributed by atoms with Crippen LogP contribution in [0, 0.1) is 5.92 Å². The van der Waals surface area contributed by atoms with Crippen LogP contribution in [0.25, 0.3) is 38.9 Å². The summed E-state index contributed by atoms with van der Waals surface area (Å²) >= 11 is 0. The number of nitrogens with two attached hydrogens (primary N) is 1. The Morgan fingerprint density at radius 3 is 2.47 bits per heavy atom. The monoisotopic (exact) mass is 476 g/mol. The topological polar surface area (TPSA) is 72.3 Å². The fourth-order valence-corrected chi connectivity index (χ4v) is 5.73. The van der Waals surface area contributed by atoms with Crippen LogP contribution in [0.5, 0.6) is 0 Å². The lowest BCUT2D eigenvalue weighted by molar-refractivity contribution is 0.246. The van der Waals surface area contributed by atoms with Crippen LogP contribution in [0.3, 0.4) is 0 Å². The second-order valence-corrected chi connectivity index (χ2v) is 10.3. The number of imidazole rings is 1. The third-order valence-electron chi connectivity index (χ3n) is 7.48. The van der Waals surface area contributed by atoms with E-state index in [1.165, 1.54) is 12.8 Å². The van der Waals surface area contributed by atoms with Crippen LogP contribution < -0.4 is 5.73 Å². The van der Waals surface area contributed by atoms with Gasteiger partial charge >= 0.3 is 0 Å². The molecule has 0 bridgehead atoms. The molecule has 1 fully saturated rings. The fraction of sp³-hybridized carbons (Fsp3) is 0.300. The highest BCUT2D eigenvalue weighted by atomic mass is 15.1. The van der Waals surface area contributed by atoms with E-state index in [4.69, 9.17) is 15.7 Å². The zero-order chi connectivity index (χ0) is 24.6. The Bertz CT molecular complexity index is 1510. The van der Waals surface area contributed by atoms with Gasteiger partial charge in [-0.3, -0.25) is 4.40 Å². The van der Waals surface area contributed by atoms with Gasteiger partial charge in [0.15, 0.2) is 0 Å². The smallest absolute Gasteiger partial charge is 0.150 e. The molecule has 0 aliphatic heterocycles. The fourth-order valence-electron chi connectivity index (χ4n) is 5.73. The standard InChI is InChI=1S/C30H32N6/c1-35(2)19-20-8-10-23(11-9-20)30-34-27(28-29(31)32-16-17-36(28)30)24-13-12-22-14-15-25(33-26(22)18-24)21-6-4-3-5-7-21/h3-7,12-18,20,23H,8-11,19H2,1-2H3,(H2,31,32)/t20-,23-. The maximum Gasteiger partial charge on any atom is 0.150 e. The van der Waals surface area contributed by atoms with Crippen LogP contribution in [-0.4, -0.2) is 44.9 Å². The Hall–Kier alpha value is -3.77. The molecule has 5 aromatic rings. The molecule has 0 amide bonds. The van der Waals surface area contributed by atoms with Crippen molar-refractivity contribution in [2.24, 2.45) is 5.92 Å². The van der Waals surface area contributed by atoms with Crippen molar-refractivity contribution in [3.63, 3.8) is 0 Å². The van der Waals surface area contributed by atoms with Crippen LogP contribution in [0.2, 0.25) is 0 Å². The molecule has 1 aliphatic rings. The summed E-state index contributed by atoms with van der Waals surface area (Å²) in [7, 11) is 4.33. The molecule has 0 saturated heterocycles. The van der Waals surface area contributed by atoms with Crippen LogP contribution in [0.4, 0.5) is 5.82 Å². The molecule has 3 heterocycles. The van der Waals surface area contributed by atoms with Gasteiger partial charge in [-0.05, 0) is 57.8 Å². The normalized spacial score (nSPS) is 18.3. The quantitative estimate of drug-likeness (QED) is 0.335. The van der Waals surface area contributed by atoms with Gasteiger partial charge in [-0.25, -0.2) is 15.0 Å². The van der Waals surface area contributed by atoms with Crippen molar-refractivity contribution in [3.8, 4) is 22.5 Å². The molecule has 36 heavy (non-hydrogen) atoms. The van der Waals surface area contributed by atoms with Crippen molar-refractivity contribution in [2.45, 2.75) is 31.6 Å². The highest BCUT2D eigenvalue weighted by molar-refractivity contribution is 5.91. The molecule has 1 aliphatic carbocycles.